The van der Waals surface area contributed by atoms with Gasteiger partial charge in [-0.3, -0.25) is 4.79 Å². The van der Waals surface area contributed by atoms with Crippen molar-refractivity contribution in [2.45, 2.75) is 13.5 Å². The highest BCUT2D eigenvalue weighted by atomic mass is 16.5. The van der Waals surface area contributed by atoms with Crippen molar-refractivity contribution in [2.24, 2.45) is 4.99 Å². The molecule has 0 bridgehead atoms. The maximum atomic E-state index is 12.1. The fourth-order valence-corrected chi connectivity index (χ4v) is 2.48. The number of hydrogen-bond acceptors (Lipinski definition) is 4. The van der Waals surface area contributed by atoms with Crippen molar-refractivity contribution < 1.29 is 14.3 Å². The summed E-state index contributed by atoms with van der Waals surface area (Å²) >= 11 is 0. The van der Waals surface area contributed by atoms with Crippen LogP contribution in [0.25, 0.3) is 0 Å². The number of rotatable bonds is 9. The Morgan fingerprint density at radius 2 is 1.64 bits per heavy atom. The first-order chi connectivity index (χ1) is 13.7. The third kappa shape index (κ3) is 6.83. The van der Waals surface area contributed by atoms with Gasteiger partial charge >= 0.3 is 0 Å². The van der Waals surface area contributed by atoms with Crippen LogP contribution in [0.4, 0.5) is 0 Å². The van der Waals surface area contributed by atoms with Gasteiger partial charge in [-0.15, -0.1) is 0 Å². The number of carbonyl (C=O) groups excluding carboxylic acids is 1. The SMILES string of the molecule is CCNC(=NCc1cccc(OC)c1)NCCNC(=O)c1ccc(OC)cc1. The zero-order valence-corrected chi connectivity index (χ0v) is 16.6. The normalized spacial score (nSPS) is 10.9. The molecule has 150 valence electrons. The molecule has 0 aromatic heterocycles. The number of carbonyl (C=O) groups is 1. The Kier molecular flexibility index (Phi) is 8.65. The van der Waals surface area contributed by atoms with Crippen molar-refractivity contribution in [3.63, 3.8) is 0 Å². The molecule has 0 saturated carbocycles. The van der Waals surface area contributed by atoms with Gasteiger partial charge in [0, 0.05) is 25.2 Å². The zero-order valence-electron chi connectivity index (χ0n) is 16.6. The summed E-state index contributed by atoms with van der Waals surface area (Å²) in [7, 11) is 3.24. The lowest BCUT2D eigenvalue weighted by atomic mass is 10.2. The molecule has 0 atom stereocenters. The molecule has 28 heavy (non-hydrogen) atoms. The molecule has 0 aliphatic carbocycles. The second-order valence-electron chi connectivity index (χ2n) is 5.96. The number of guanidine groups is 1. The fraction of sp³-hybridized carbons (Fsp3) is 0.333. The Hall–Kier alpha value is -3.22. The highest BCUT2D eigenvalue weighted by Gasteiger charge is 2.05. The number of nitrogens with zero attached hydrogens (tertiary/aromatic N) is 1. The summed E-state index contributed by atoms with van der Waals surface area (Å²) in [6.07, 6.45) is 0. The second-order valence-corrected chi connectivity index (χ2v) is 5.96. The third-order valence-electron chi connectivity index (χ3n) is 3.95. The molecule has 7 nitrogen and oxygen atoms in total. The van der Waals surface area contributed by atoms with Gasteiger partial charge in [-0.25, -0.2) is 4.99 Å². The first-order valence-electron chi connectivity index (χ1n) is 9.23. The first kappa shape index (κ1) is 21.1. The molecule has 2 aromatic carbocycles. The van der Waals surface area contributed by atoms with Crippen LogP contribution in [0.5, 0.6) is 11.5 Å². The van der Waals surface area contributed by atoms with E-state index in [-0.39, 0.29) is 5.91 Å². The van der Waals surface area contributed by atoms with Gasteiger partial charge in [0.15, 0.2) is 5.96 Å². The van der Waals surface area contributed by atoms with Crippen molar-refractivity contribution in [3.8, 4) is 11.5 Å². The largest absolute Gasteiger partial charge is 0.497 e. The van der Waals surface area contributed by atoms with E-state index in [0.717, 1.165) is 23.6 Å². The summed E-state index contributed by atoms with van der Waals surface area (Å²) in [5, 5.41) is 9.29. The van der Waals surface area contributed by atoms with Crippen LogP contribution in [0.2, 0.25) is 0 Å². The monoisotopic (exact) mass is 384 g/mol. The molecule has 0 saturated heterocycles. The number of benzene rings is 2. The van der Waals surface area contributed by atoms with Gasteiger partial charge in [-0.05, 0) is 48.9 Å². The van der Waals surface area contributed by atoms with Crippen molar-refractivity contribution in [1.82, 2.24) is 16.0 Å². The van der Waals surface area contributed by atoms with Crippen LogP contribution in [-0.4, -0.2) is 45.7 Å². The predicted molar refractivity (Wildman–Crippen MR) is 111 cm³/mol. The quantitative estimate of drug-likeness (QED) is 0.351. The number of nitrogens with one attached hydrogen (secondary N) is 3. The van der Waals surface area contributed by atoms with Crippen LogP contribution in [0.15, 0.2) is 53.5 Å². The third-order valence-corrected chi connectivity index (χ3v) is 3.95. The van der Waals surface area contributed by atoms with Gasteiger partial charge in [-0.2, -0.15) is 0 Å². The molecule has 0 spiro atoms. The van der Waals surface area contributed by atoms with Crippen LogP contribution >= 0.6 is 0 Å². The molecule has 0 fully saturated rings. The molecule has 1 amide bonds. The van der Waals surface area contributed by atoms with Gasteiger partial charge in [0.1, 0.15) is 11.5 Å². The van der Waals surface area contributed by atoms with Crippen molar-refractivity contribution in [1.29, 1.82) is 0 Å². The summed E-state index contributed by atoms with van der Waals surface area (Å²) < 4.78 is 10.3. The minimum Gasteiger partial charge on any atom is -0.497 e. The van der Waals surface area contributed by atoms with Gasteiger partial charge in [0.25, 0.3) is 5.91 Å². The maximum absolute atomic E-state index is 12.1. The number of ether oxygens (including phenoxy) is 2. The summed E-state index contributed by atoms with van der Waals surface area (Å²) in [4.78, 5) is 16.7. The molecule has 3 N–H and O–H groups in total. The van der Waals surface area contributed by atoms with E-state index < -0.39 is 0 Å². The van der Waals surface area contributed by atoms with Crippen molar-refractivity contribution in [3.05, 3.63) is 59.7 Å². The predicted octanol–water partition coefficient (Wildman–Crippen LogP) is 2.19. The Balaban J connectivity index is 1.80. The molecular weight excluding hydrogens is 356 g/mol. The molecule has 2 aromatic rings. The average molecular weight is 384 g/mol. The van der Waals surface area contributed by atoms with Crippen LogP contribution in [0.3, 0.4) is 0 Å². The summed E-state index contributed by atoms with van der Waals surface area (Å²) in [6, 6.07) is 14.8. The number of methoxy groups -OCH3 is 2. The standard InChI is InChI=1S/C21H28N4O3/c1-4-22-21(25-15-16-6-5-7-19(14-16)28-3)24-13-12-23-20(26)17-8-10-18(27-2)11-9-17/h5-11,14H,4,12-13,15H2,1-3H3,(H,23,26)(H2,22,24,25). The van der Waals surface area contributed by atoms with E-state index in [4.69, 9.17) is 9.47 Å². The van der Waals surface area contributed by atoms with Crippen LogP contribution in [0.1, 0.15) is 22.8 Å². The van der Waals surface area contributed by atoms with E-state index in [1.807, 2.05) is 31.2 Å². The van der Waals surface area contributed by atoms with E-state index in [1.165, 1.54) is 0 Å². The molecule has 0 radical (unpaired) electrons. The van der Waals surface area contributed by atoms with E-state index in [1.54, 1.807) is 38.5 Å². The molecule has 0 aliphatic heterocycles. The molecule has 7 heteroatoms. The first-order valence-corrected chi connectivity index (χ1v) is 9.23. The van der Waals surface area contributed by atoms with Gasteiger partial charge in [-0.1, -0.05) is 12.1 Å². The van der Waals surface area contributed by atoms with Crippen LogP contribution < -0.4 is 25.4 Å². The molecule has 0 unspecified atom stereocenters. The van der Waals surface area contributed by atoms with Crippen molar-refractivity contribution >= 4 is 11.9 Å². The lowest BCUT2D eigenvalue weighted by Crippen LogP contribution is -2.41. The van der Waals surface area contributed by atoms with E-state index in [0.29, 0.717) is 31.2 Å². The highest BCUT2D eigenvalue weighted by Crippen LogP contribution is 2.13. The Labute approximate surface area is 166 Å². The zero-order chi connectivity index (χ0) is 20.2. The fourth-order valence-electron chi connectivity index (χ4n) is 2.48. The Morgan fingerprint density at radius 3 is 2.32 bits per heavy atom. The highest BCUT2D eigenvalue weighted by molar-refractivity contribution is 5.94. The Morgan fingerprint density at radius 1 is 0.929 bits per heavy atom. The summed E-state index contributed by atoms with van der Waals surface area (Å²) in [5.41, 5.74) is 1.66. The average Bonchev–Trinajstić information content (AvgIpc) is 2.74. The van der Waals surface area contributed by atoms with E-state index >= 15 is 0 Å². The Bertz CT molecular complexity index is 775. The molecule has 0 heterocycles. The number of amides is 1. The number of aliphatic imine (C=N–C) groups is 1. The van der Waals surface area contributed by atoms with Gasteiger partial charge < -0.3 is 25.4 Å². The minimum absolute atomic E-state index is 0.122. The number of hydrogen-bond donors (Lipinski definition) is 3. The topological polar surface area (TPSA) is 84.0 Å². The lowest BCUT2D eigenvalue weighted by Gasteiger charge is -2.12. The maximum Gasteiger partial charge on any atom is 0.251 e. The molecule has 0 aliphatic rings. The molecule has 2 rings (SSSR count). The van der Waals surface area contributed by atoms with E-state index in [2.05, 4.69) is 20.9 Å². The summed E-state index contributed by atoms with van der Waals surface area (Å²) in [6.45, 7) is 4.33. The lowest BCUT2D eigenvalue weighted by molar-refractivity contribution is 0.0954. The summed E-state index contributed by atoms with van der Waals surface area (Å²) in [5.74, 6) is 2.11. The van der Waals surface area contributed by atoms with Gasteiger partial charge in [0.2, 0.25) is 0 Å². The minimum atomic E-state index is -0.122. The smallest absolute Gasteiger partial charge is 0.251 e. The van der Waals surface area contributed by atoms with Crippen LogP contribution in [-0.2, 0) is 6.54 Å². The van der Waals surface area contributed by atoms with Crippen LogP contribution in [0, 0.1) is 0 Å². The molecular formula is C21H28N4O3. The second kappa shape index (κ2) is 11.5. The van der Waals surface area contributed by atoms with Gasteiger partial charge in [0.05, 0.1) is 20.8 Å². The van der Waals surface area contributed by atoms with E-state index in [9.17, 15) is 4.79 Å². The van der Waals surface area contributed by atoms with Crippen molar-refractivity contribution in [2.75, 3.05) is 33.9 Å².